The Labute approximate surface area is 135 Å². The highest BCUT2D eigenvalue weighted by atomic mass is 16.5. The molecule has 0 radical (unpaired) electrons. The van der Waals surface area contributed by atoms with Crippen LogP contribution in [0.25, 0.3) is 0 Å². The van der Waals surface area contributed by atoms with Crippen LogP contribution < -0.4 is 10.2 Å². The van der Waals surface area contributed by atoms with Crippen LogP contribution in [0.1, 0.15) is 52.4 Å². The van der Waals surface area contributed by atoms with Gasteiger partial charge in [-0.15, -0.1) is 0 Å². The summed E-state index contributed by atoms with van der Waals surface area (Å²) in [4.78, 5) is 1.84. The summed E-state index contributed by atoms with van der Waals surface area (Å²) < 4.78 is 11.8. The Balaban J connectivity index is 1.57. The number of likely N-dealkylation sites (tertiary alicyclic amines) is 1. The largest absolute Gasteiger partial charge is 0.376 e. The number of nitrogens with one attached hydrogen (secondary N) is 1. The summed E-state index contributed by atoms with van der Waals surface area (Å²) in [6, 6.07) is 0. The lowest BCUT2D eigenvalue weighted by atomic mass is 9.73. The van der Waals surface area contributed by atoms with E-state index in [1.54, 1.807) is 0 Å². The van der Waals surface area contributed by atoms with Gasteiger partial charge in [0, 0.05) is 26.1 Å². The molecule has 3 aliphatic rings. The van der Waals surface area contributed by atoms with Crippen molar-refractivity contribution in [2.75, 3.05) is 45.9 Å². The van der Waals surface area contributed by atoms with Gasteiger partial charge < -0.3 is 19.7 Å². The molecule has 0 saturated carbocycles. The number of hydrogen-bond donors (Lipinski definition) is 2. The van der Waals surface area contributed by atoms with Crippen molar-refractivity contribution in [3.63, 3.8) is 0 Å². The number of hydrogen-bond acceptors (Lipinski definition) is 2. The van der Waals surface area contributed by atoms with Crippen molar-refractivity contribution in [3.8, 4) is 0 Å². The van der Waals surface area contributed by atoms with Crippen LogP contribution in [-0.4, -0.2) is 57.6 Å². The Bertz CT molecular complexity index is 349. The smallest absolute Gasteiger partial charge is 0.106 e. The van der Waals surface area contributed by atoms with Crippen molar-refractivity contribution in [1.29, 1.82) is 0 Å². The third-order valence-corrected chi connectivity index (χ3v) is 5.89. The maximum Gasteiger partial charge on any atom is 0.106 e. The quantitative estimate of drug-likeness (QED) is 0.724. The lowest BCUT2D eigenvalue weighted by Crippen LogP contribution is -3.12. The molecule has 3 fully saturated rings. The first-order chi connectivity index (χ1) is 10.6. The molecule has 0 aromatic heterocycles. The van der Waals surface area contributed by atoms with Gasteiger partial charge in [-0.25, -0.2) is 0 Å². The molecule has 3 N–H and O–H groups in total. The fraction of sp³-hybridized carbons (Fsp3) is 1.00. The lowest BCUT2D eigenvalue weighted by molar-refractivity contribution is -0.897. The highest BCUT2D eigenvalue weighted by molar-refractivity contribution is 4.89. The van der Waals surface area contributed by atoms with Crippen LogP contribution >= 0.6 is 0 Å². The minimum atomic E-state index is 0.0507. The van der Waals surface area contributed by atoms with E-state index in [2.05, 4.69) is 19.2 Å². The second-order valence-corrected chi connectivity index (χ2v) is 8.53. The van der Waals surface area contributed by atoms with E-state index < -0.39 is 0 Å². The van der Waals surface area contributed by atoms with Crippen LogP contribution in [0.15, 0.2) is 0 Å². The summed E-state index contributed by atoms with van der Waals surface area (Å²) in [6.07, 6.45) is 8.31. The molecule has 3 aliphatic heterocycles. The third-order valence-electron chi connectivity index (χ3n) is 5.89. The summed E-state index contributed by atoms with van der Waals surface area (Å²) >= 11 is 0. The highest BCUT2D eigenvalue weighted by Gasteiger charge is 2.45. The van der Waals surface area contributed by atoms with Crippen molar-refractivity contribution in [2.24, 2.45) is 5.41 Å². The molecular formula is C18H36N2O2+2. The van der Waals surface area contributed by atoms with Gasteiger partial charge in [0.15, 0.2) is 0 Å². The van der Waals surface area contributed by atoms with E-state index in [0.717, 1.165) is 19.8 Å². The van der Waals surface area contributed by atoms with Crippen LogP contribution in [-0.2, 0) is 9.47 Å². The van der Waals surface area contributed by atoms with Crippen LogP contribution in [0, 0.1) is 5.41 Å². The zero-order valence-electron chi connectivity index (χ0n) is 14.7. The Kier molecular flexibility index (Phi) is 5.43. The molecule has 0 aromatic carbocycles. The molecule has 0 aliphatic carbocycles. The molecule has 0 aromatic rings. The molecule has 3 heterocycles. The molecule has 0 bridgehead atoms. The summed E-state index contributed by atoms with van der Waals surface area (Å²) in [6.45, 7) is 13.0. The summed E-state index contributed by atoms with van der Waals surface area (Å²) in [5.41, 5.74) is 0.509. The lowest BCUT2D eigenvalue weighted by Gasteiger charge is -2.44. The van der Waals surface area contributed by atoms with Gasteiger partial charge in [-0.1, -0.05) is 0 Å². The first-order valence-electron chi connectivity index (χ1n) is 9.48. The van der Waals surface area contributed by atoms with Crippen LogP contribution in [0.4, 0.5) is 0 Å². The number of nitrogens with two attached hydrogens (primary N) is 1. The summed E-state index contributed by atoms with van der Waals surface area (Å²) in [5.74, 6) is 0. The normalized spacial score (nSPS) is 36.0. The predicted molar refractivity (Wildman–Crippen MR) is 87.1 cm³/mol. The fourth-order valence-corrected chi connectivity index (χ4v) is 4.97. The van der Waals surface area contributed by atoms with Gasteiger partial charge in [-0.05, 0) is 39.5 Å². The Morgan fingerprint density at radius 2 is 1.95 bits per heavy atom. The van der Waals surface area contributed by atoms with Gasteiger partial charge in [0.2, 0.25) is 0 Å². The Hall–Kier alpha value is -0.160. The standard InChI is InChI=1S/C18H34N2O2/c1-17(2)13-18(7-11-22-17,15-20-8-3-4-9-20)14-19-12-16-6-5-10-21-16/h16,19H,3-15H2,1-2H3/p+2/t16-,18+/m1/s1. The molecule has 4 nitrogen and oxygen atoms in total. The fourth-order valence-electron chi connectivity index (χ4n) is 4.97. The van der Waals surface area contributed by atoms with Crippen molar-refractivity contribution in [2.45, 2.75) is 64.1 Å². The van der Waals surface area contributed by atoms with Gasteiger partial charge in [0.25, 0.3) is 0 Å². The van der Waals surface area contributed by atoms with Gasteiger partial charge >= 0.3 is 0 Å². The topological polar surface area (TPSA) is 39.5 Å². The van der Waals surface area contributed by atoms with Crippen LogP contribution in [0.3, 0.4) is 0 Å². The molecule has 3 rings (SSSR count). The summed E-state index contributed by atoms with van der Waals surface area (Å²) in [7, 11) is 0. The van der Waals surface area contributed by atoms with E-state index in [0.29, 0.717) is 11.5 Å². The first kappa shape index (κ1) is 16.7. The van der Waals surface area contributed by atoms with Crippen LogP contribution in [0.2, 0.25) is 0 Å². The van der Waals surface area contributed by atoms with Crippen molar-refractivity contribution in [1.82, 2.24) is 0 Å². The van der Waals surface area contributed by atoms with E-state index in [4.69, 9.17) is 9.47 Å². The zero-order chi connectivity index (χ0) is 15.5. The molecular weight excluding hydrogens is 276 g/mol. The molecule has 22 heavy (non-hydrogen) atoms. The highest BCUT2D eigenvalue weighted by Crippen LogP contribution is 2.37. The minimum Gasteiger partial charge on any atom is -0.376 e. The van der Waals surface area contributed by atoms with E-state index >= 15 is 0 Å². The van der Waals surface area contributed by atoms with Gasteiger partial charge in [0.05, 0.1) is 37.2 Å². The Morgan fingerprint density at radius 3 is 2.64 bits per heavy atom. The van der Waals surface area contributed by atoms with E-state index in [1.165, 1.54) is 64.7 Å². The van der Waals surface area contributed by atoms with E-state index in [-0.39, 0.29) is 5.60 Å². The van der Waals surface area contributed by atoms with Crippen LogP contribution in [0.5, 0.6) is 0 Å². The van der Waals surface area contributed by atoms with Crippen molar-refractivity contribution < 1.29 is 19.7 Å². The molecule has 0 spiro atoms. The van der Waals surface area contributed by atoms with E-state index in [9.17, 15) is 0 Å². The molecule has 2 atom stereocenters. The second-order valence-electron chi connectivity index (χ2n) is 8.53. The third kappa shape index (κ3) is 4.44. The SMILES string of the molecule is CC1(C)C[C@@](C[NH2+]C[C@H]2CCCO2)(C[NH+]2CCCC2)CCO1. The van der Waals surface area contributed by atoms with Crippen molar-refractivity contribution in [3.05, 3.63) is 0 Å². The van der Waals surface area contributed by atoms with E-state index in [1.807, 2.05) is 4.90 Å². The van der Waals surface area contributed by atoms with Gasteiger partial charge in [0.1, 0.15) is 12.6 Å². The summed E-state index contributed by atoms with van der Waals surface area (Å²) in [5, 5.41) is 2.55. The number of quaternary nitrogens is 2. The monoisotopic (exact) mass is 312 g/mol. The second kappa shape index (κ2) is 7.16. The predicted octanol–water partition coefficient (Wildman–Crippen LogP) is -0.0171. The molecule has 128 valence electrons. The molecule has 4 heteroatoms. The van der Waals surface area contributed by atoms with Crippen molar-refractivity contribution >= 4 is 0 Å². The maximum absolute atomic E-state index is 6.02. The van der Waals surface area contributed by atoms with Gasteiger partial charge in [-0.3, -0.25) is 0 Å². The average Bonchev–Trinajstić information content (AvgIpc) is 3.11. The maximum atomic E-state index is 6.02. The molecule has 0 amide bonds. The average molecular weight is 312 g/mol. The molecule has 3 saturated heterocycles. The minimum absolute atomic E-state index is 0.0507. The molecule has 0 unspecified atom stereocenters. The number of rotatable bonds is 6. The van der Waals surface area contributed by atoms with Gasteiger partial charge in [-0.2, -0.15) is 0 Å². The Morgan fingerprint density at radius 1 is 1.14 bits per heavy atom. The first-order valence-corrected chi connectivity index (χ1v) is 9.48. The zero-order valence-corrected chi connectivity index (χ0v) is 14.7. The number of ether oxygens (including phenoxy) is 2.